The highest BCUT2D eigenvalue weighted by Gasteiger charge is 2.27. The minimum absolute atomic E-state index is 0.00110. The van der Waals surface area contributed by atoms with E-state index in [2.05, 4.69) is 37.9 Å². The smallest absolute Gasteiger partial charge is 0.244 e. The van der Waals surface area contributed by atoms with Crippen molar-refractivity contribution in [3.63, 3.8) is 0 Å². The summed E-state index contributed by atoms with van der Waals surface area (Å²) in [6.45, 7) is 2.12. The first-order chi connectivity index (χ1) is 9.94. The molecule has 2 N–H and O–H groups in total. The van der Waals surface area contributed by atoms with E-state index < -0.39 is 10.0 Å². The van der Waals surface area contributed by atoms with Crippen LogP contribution >= 0.6 is 15.9 Å². The molecule has 0 bridgehead atoms. The van der Waals surface area contributed by atoms with Crippen molar-refractivity contribution in [2.24, 2.45) is 5.92 Å². The number of rotatable bonds is 4. The molecule has 1 aliphatic rings. The molecule has 1 aromatic rings. The highest BCUT2D eigenvalue weighted by atomic mass is 79.9. The van der Waals surface area contributed by atoms with Gasteiger partial charge >= 0.3 is 0 Å². The van der Waals surface area contributed by atoms with Gasteiger partial charge in [-0.2, -0.15) is 0 Å². The highest BCUT2D eigenvalue weighted by Crippen LogP contribution is 2.27. The second kappa shape index (κ2) is 7.07. The molecule has 1 aromatic heterocycles. The van der Waals surface area contributed by atoms with Gasteiger partial charge in [0, 0.05) is 23.8 Å². The van der Waals surface area contributed by atoms with Crippen molar-refractivity contribution in [3.05, 3.63) is 16.7 Å². The number of sulfonamides is 1. The second-order valence-corrected chi connectivity index (χ2v) is 8.19. The molecule has 2 unspecified atom stereocenters. The van der Waals surface area contributed by atoms with Crippen LogP contribution in [-0.2, 0) is 10.0 Å². The number of halogens is 1. The Bertz CT molecular complexity index is 592. The van der Waals surface area contributed by atoms with E-state index in [1.807, 2.05) is 0 Å². The van der Waals surface area contributed by atoms with Gasteiger partial charge in [0.05, 0.1) is 0 Å². The van der Waals surface area contributed by atoms with Crippen LogP contribution in [0.4, 0.5) is 5.82 Å². The molecule has 5 nitrogen and oxygen atoms in total. The first-order valence-corrected chi connectivity index (χ1v) is 9.57. The molecule has 2 rings (SSSR count). The van der Waals surface area contributed by atoms with Gasteiger partial charge in [-0.15, -0.1) is 0 Å². The molecular formula is C14H22BrN3O2S. The van der Waals surface area contributed by atoms with Crippen LogP contribution in [0.25, 0.3) is 0 Å². The summed E-state index contributed by atoms with van der Waals surface area (Å²) in [5, 5.41) is 2.84. The Balaban J connectivity index is 2.27. The summed E-state index contributed by atoms with van der Waals surface area (Å²) in [7, 11) is -1.91. The van der Waals surface area contributed by atoms with Crippen molar-refractivity contribution >= 4 is 31.8 Å². The summed E-state index contributed by atoms with van der Waals surface area (Å²) < 4.78 is 28.9. The van der Waals surface area contributed by atoms with E-state index in [1.165, 1.54) is 12.8 Å². The first kappa shape index (κ1) is 16.7. The zero-order chi connectivity index (χ0) is 15.5. The second-order valence-electron chi connectivity index (χ2n) is 5.59. The average Bonchev–Trinajstić information content (AvgIpc) is 2.64. The lowest BCUT2D eigenvalue weighted by atomic mass is 9.98. The van der Waals surface area contributed by atoms with Crippen molar-refractivity contribution < 1.29 is 8.42 Å². The molecule has 0 spiro atoms. The van der Waals surface area contributed by atoms with E-state index in [9.17, 15) is 8.42 Å². The third-order valence-corrected chi connectivity index (χ3v) is 5.95. The Hall–Kier alpha value is -0.660. The van der Waals surface area contributed by atoms with Gasteiger partial charge in [0.25, 0.3) is 0 Å². The molecular weight excluding hydrogens is 354 g/mol. The third kappa shape index (κ3) is 4.17. The zero-order valence-corrected chi connectivity index (χ0v) is 14.8. The number of hydrogen-bond acceptors (Lipinski definition) is 4. The molecule has 1 aliphatic carbocycles. The summed E-state index contributed by atoms with van der Waals surface area (Å²) in [5.74, 6) is 0.729. The maximum atomic E-state index is 12.7. The molecule has 0 aromatic carbocycles. The number of anilines is 1. The monoisotopic (exact) mass is 375 g/mol. The number of hydrogen-bond donors (Lipinski definition) is 2. The minimum atomic E-state index is -3.58. The average molecular weight is 376 g/mol. The standard InChI is InChI=1S/C14H22BrN3O2S/c1-10-6-4-3-5-7-12(10)18-21(19,20)13-8-11(15)9-17-14(13)16-2/h8-10,12,18H,3-7H2,1-2H3,(H,16,17). The van der Waals surface area contributed by atoms with E-state index in [0.29, 0.717) is 16.2 Å². The predicted molar refractivity (Wildman–Crippen MR) is 87.8 cm³/mol. The fraction of sp³-hybridized carbons (Fsp3) is 0.643. The van der Waals surface area contributed by atoms with Gasteiger partial charge in [-0.1, -0.05) is 26.2 Å². The fourth-order valence-corrected chi connectivity index (χ4v) is 4.79. The van der Waals surface area contributed by atoms with E-state index >= 15 is 0 Å². The Morgan fingerprint density at radius 3 is 2.71 bits per heavy atom. The van der Waals surface area contributed by atoms with Gasteiger partial charge in [-0.3, -0.25) is 0 Å². The van der Waals surface area contributed by atoms with Gasteiger partial charge in [0.2, 0.25) is 10.0 Å². The molecule has 0 saturated heterocycles. The topological polar surface area (TPSA) is 71.1 Å². The van der Waals surface area contributed by atoms with Crippen LogP contribution in [0, 0.1) is 5.92 Å². The van der Waals surface area contributed by atoms with Crippen molar-refractivity contribution in [1.82, 2.24) is 9.71 Å². The largest absolute Gasteiger partial charge is 0.372 e. The van der Waals surface area contributed by atoms with Crippen LogP contribution in [-0.4, -0.2) is 26.5 Å². The molecule has 0 radical (unpaired) electrons. The van der Waals surface area contributed by atoms with Gasteiger partial charge in [0.15, 0.2) is 0 Å². The molecule has 1 heterocycles. The lowest BCUT2D eigenvalue weighted by Gasteiger charge is -2.23. The van der Waals surface area contributed by atoms with Gasteiger partial charge in [0.1, 0.15) is 10.7 Å². The van der Waals surface area contributed by atoms with Crippen molar-refractivity contribution in [2.75, 3.05) is 12.4 Å². The lowest BCUT2D eigenvalue weighted by molar-refractivity contribution is 0.399. The highest BCUT2D eigenvalue weighted by molar-refractivity contribution is 9.10. The summed E-state index contributed by atoms with van der Waals surface area (Å²) in [6, 6.07) is 1.59. The summed E-state index contributed by atoms with van der Waals surface area (Å²) >= 11 is 3.29. The van der Waals surface area contributed by atoms with Crippen LogP contribution in [0.2, 0.25) is 0 Å². The van der Waals surface area contributed by atoms with E-state index in [-0.39, 0.29) is 10.9 Å². The van der Waals surface area contributed by atoms with Crippen LogP contribution < -0.4 is 10.0 Å². The van der Waals surface area contributed by atoms with E-state index in [1.54, 1.807) is 19.3 Å². The molecule has 1 fully saturated rings. The zero-order valence-electron chi connectivity index (χ0n) is 12.4. The number of aromatic nitrogens is 1. The van der Waals surface area contributed by atoms with Crippen molar-refractivity contribution in [1.29, 1.82) is 0 Å². The van der Waals surface area contributed by atoms with Crippen LogP contribution in [0.3, 0.4) is 0 Å². The summed E-state index contributed by atoms with van der Waals surface area (Å²) in [6.07, 6.45) is 6.99. The fourth-order valence-electron chi connectivity index (χ4n) is 2.74. The van der Waals surface area contributed by atoms with E-state index in [4.69, 9.17) is 0 Å². The Morgan fingerprint density at radius 1 is 1.29 bits per heavy atom. The molecule has 0 aliphatic heterocycles. The number of nitrogens with zero attached hydrogens (tertiary/aromatic N) is 1. The molecule has 2 atom stereocenters. The minimum Gasteiger partial charge on any atom is -0.372 e. The van der Waals surface area contributed by atoms with E-state index in [0.717, 1.165) is 19.3 Å². The SMILES string of the molecule is CNc1ncc(Br)cc1S(=O)(=O)NC1CCCCCC1C. The molecule has 1 saturated carbocycles. The van der Waals surface area contributed by atoms with Gasteiger partial charge in [-0.05, 0) is 40.8 Å². The Labute approximate surface area is 135 Å². The normalized spacial score (nSPS) is 23.6. The third-order valence-electron chi connectivity index (χ3n) is 4.01. The maximum absolute atomic E-state index is 12.7. The van der Waals surface area contributed by atoms with Crippen LogP contribution in [0.1, 0.15) is 39.0 Å². The van der Waals surface area contributed by atoms with Crippen molar-refractivity contribution in [2.45, 2.75) is 50.0 Å². The van der Waals surface area contributed by atoms with Crippen LogP contribution in [0.5, 0.6) is 0 Å². The maximum Gasteiger partial charge on any atom is 0.244 e. The number of pyridine rings is 1. The summed E-state index contributed by atoms with van der Waals surface area (Å²) in [4.78, 5) is 4.31. The van der Waals surface area contributed by atoms with Crippen LogP contribution in [0.15, 0.2) is 21.6 Å². The molecule has 21 heavy (non-hydrogen) atoms. The van der Waals surface area contributed by atoms with Gasteiger partial charge < -0.3 is 5.32 Å². The lowest BCUT2D eigenvalue weighted by Crippen LogP contribution is -2.39. The molecule has 7 heteroatoms. The quantitative estimate of drug-likeness (QED) is 0.792. The Morgan fingerprint density at radius 2 is 2.00 bits per heavy atom. The molecule has 0 amide bonds. The molecule has 118 valence electrons. The summed E-state index contributed by atoms with van der Waals surface area (Å²) in [5.41, 5.74) is 0. The van der Waals surface area contributed by atoms with Gasteiger partial charge in [-0.25, -0.2) is 18.1 Å². The van der Waals surface area contributed by atoms with Crippen molar-refractivity contribution in [3.8, 4) is 0 Å². The first-order valence-electron chi connectivity index (χ1n) is 7.29. The Kier molecular flexibility index (Phi) is 5.62. The predicted octanol–water partition coefficient (Wildman–Crippen LogP) is 3.13. The number of nitrogens with one attached hydrogen (secondary N) is 2.